The monoisotopic (exact) mass is 1730 g/mol. The van der Waals surface area contributed by atoms with Crippen LogP contribution < -0.4 is 15.4 Å². The van der Waals surface area contributed by atoms with Gasteiger partial charge in [0.15, 0.2) is 0 Å². The summed E-state index contributed by atoms with van der Waals surface area (Å²) in [6.07, 6.45) is 31.7. The van der Waals surface area contributed by atoms with Crippen molar-refractivity contribution in [1.29, 1.82) is 0 Å². The Hall–Kier alpha value is -6.78. The van der Waals surface area contributed by atoms with Crippen molar-refractivity contribution in [2.24, 2.45) is 84.7 Å². The molecule has 0 aromatic heterocycles. The molecule has 11 rings (SSSR count). The molecule has 8 aliphatic rings. The van der Waals surface area contributed by atoms with Gasteiger partial charge in [0.1, 0.15) is 39.7 Å². The van der Waals surface area contributed by atoms with E-state index >= 15 is 0 Å². The summed E-state index contributed by atoms with van der Waals surface area (Å²) in [5.74, 6) is 5.12. The third-order valence-electron chi connectivity index (χ3n) is 30.3. The van der Waals surface area contributed by atoms with Gasteiger partial charge in [-0.25, -0.2) is 0 Å². The van der Waals surface area contributed by atoms with E-state index in [9.17, 15) is 38.4 Å². The number of amides is 3. The molecule has 0 radical (unpaired) electrons. The highest BCUT2D eigenvalue weighted by Gasteiger charge is 2.56. The first-order valence-corrected chi connectivity index (χ1v) is 48.4. The van der Waals surface area contributed by atoms with Crippen molar-refractivity contribution in [2.75, 3.05) is 5.32 Å². The van der Waals surface area contributed by atoms with E-state index in [4.69, 9.17) is 33.9 Å². The van der Waals surface area contributed by atoms with Crippen molar-refractivity contribution < 1.29 is 72.3 Å². The number of anilines is 1. The molecule has 0 saturated heterocycles. The molecule has 8 saturated carbocycles. The fourth-order valence-electron chi connectivity index (χ4n) is 16.8. The zero-order valence-electron chi connectivity index (χ0n) is 84.0. The van der Waals surface area contributed by atoms with Crippen LogP contribution in [-0.2, 0) is 57.3 Å². The number of phenols is 2. The summed E-state index contributed by atoms with van der Waals surface area (Å²) in [6, 6.07) is 23.1. The van der Waals surface area contributed by atoms with Gasteiger partial charge in [-0.2, -0.15) is 0 Å². The van der Waals surface area contributed by atoms with E-state index in [2.05, 4.69) is 79.9 Å². The van der Waals surface area contributed by atoms with Gasteiger partial charge in [0.05, 0.1) is 32.5 Å². The van der Waals surface area contributed by atoms with E-state index in [-0.39, 0.29) is 108 Å². The molecule has 4 N–H and O–H groups in total. The Balaban J connectivity index is 0.000000367. The maximum atomic E-state index is 12.7. The van der Waals surface area contributed by atoms with E-state index in [1.165, 1.54) is 88.3 Å². The first-order valence-electron chi connectivity index (χ1n) is 48.4. The van der Waals surface area contributed by atoms with Crippen LogP contribution in [0.1, 0.15) is 419 Å². The van der Waals surface area contributed by atoms with Gasteiger partial charge < -0.3 is 39.2 Å². The van der Waals surface area contributed by atoms with Crippen molar-refractivity contribution in [3.63, 3.8) is 0 Å². The Morgan fingerprint density at radius 3 is 0.871 bits per heavy atom. The molecule has 3 aromatic rings. The lowest BCUT2D eigenvalue weighted by Gasteiger charge is -2.55. The molecule has 3 amide bonds. The number of carbonyl (C=O) groups is 8. The Morgan fingerprint density at radius 2 is 0.613 bits per heavy atom. The number of benzene rings is 3. The topological polar surface area (TPSA) is 247 Å². The Bertz CT molecular complexity index is 3490. The first-order chi connectivity index (χ1) is 57.4. The summed E-state index contributed by atoms with van der Waals surface area (Å²) in [5, 5.41) is 23.7. The van der Waals surface area contributed by atoms with Gasteiger partial charge in [0, 0.05) is 16.5 Å². The van der Waals surface area contributed by atoms with E-state index in [0.29, 0.717) is 41.1 Å². The molecular formula is C107H178N2O15. The van der Waals surface area contributed by atoms with Crippen LogP contribution in [0.4, 0.5) is 5.69 Å². The van der Waals surface area contributed by atoms with Crippen LogP contribution >= 0.6 is 0 Å². The molecule has 3 aromatic carbocycles. The summed E-state index contributed by atoms with van der Waals surface area (Å²) >= 11 is 0. The van der Waals surface area contributed by atoms with Crippen LogP contribution in [0, 0.1) is 84.7 Å². The lowest BCUT2D eigenvalue weighted by molar-refractivity contribution is -0.176. The summed E-state index contributed by atoms with van der Waals surface area (Å²) in [4.78, 5) is 97.0. The molecule has 0 aliphatic heterocycles. The van der Waals surface area contributed by atoms with Crippen molar-refractivity contribution in [3.8, 4) is 17.2 Å². The second-order valence-electron chi connectivity index (χ2n) is 43.5. The largest absolute Gasteiger partial charge is 0.508 e. The highest BCUT2D eigenvalue weighted by atomic mass is 16.6. The minimum absolute atomic E-state index is 0.0226. The van der Waals surface area contributed by atoms with Gasteiger partial charge >= 0.3 is 29.8 Å². The number of esters is 5. The number of phenolic OH excluding ortho intramolecular Hbond substituents is 2. The van der Waals surface area contributed by atoms with Gasteiger partial charge in [0.25, 0.3) is 0 Å². The van der Waals surface area contributed by atoms with Crippen LogP contribution in [-0.4, -0.2) is 80.2 Å². The second kappa shape index (κ2) is 48.6. The van der Waals surface area contributed by atoms with E-state index in [1.54, 1.807) is 24.3 Å². The highest BCUT2D eigenvalue weighted by Crippen LogP contribution is 2.60. The van der Waals surface area contributed by atoms with E-state index in [0.717, 1.165) is 145 Å². The van der Waals surface area contributed by atoms with Crippen molar-refractivity contribution in [1.82, 2.24) is 5.32 Å². The molecule has 0 spiro atoms. The highest BCUT2D eigenvalue weighted by molar-refractivity contribution is 6.00. The average molecular weight is 1730 g/mol. The van der Waals surface area contributed by atoms with Crippen molar-refractivity contribution >= 4 is 53.3 Å². The number of imide groups is 1. The SMILES string of the molecule is CCC(C)(C)C(=O)NC(=O)C12CC3CC(CC(C3)C1)C2.CCC(C)(C)C(=O)Nc1ccccc1.CCC(C)(C)C(=O)OC1(C(C)C)CCCC1.CCC(C)(C)C(=O)OC1(C(C)C)CCCC1.CCC(C)(C)C(=O)OC1(C(C)C)CCCC1.CCC(C)(C)C(=O)OC1(C(C)C)CCCC1.CCC(C)(C)C(=O)Oc1ccc(O)cc1.CCC(C)c1ccc(O)cc1. The van der Waals surface area contributed by atoms with E-state index < -0.39 is 10.8 Å². The van der Waals surface area contributed by atoms with Gasteiger partial charge in [-0.3, -0.25) is 43.7 Å². The van der Waals surface area contributed by atoms with Crippen LogP contribution in [0.3, 0.4) is 0 Å². The minimum atomic E-state index is -0.474. The zero-order valence-corrected chi connectivity index (χ0v) is 84.0. The maximum absolute atomic E-state index is 12.7. The van der Waals surface area contributed by atoms with Crippen LogP contribution in [0.25, 0.3) is 0 Å². The zero-order chi connectivity index (χ0) is 94.5. The predicted molar refractivity (Wildman–Crippen MR) is 506 cm³/mol. The number of para-hydroxylation sites is 1. The summed E-state index contributed by atoms with van der Waals surface area (Å²) < 4.78 is 28.7. The fraction of sp³-hybridized carbons (Fsp3) is 0.757. The number of hydrogen-bond acceptors (Lipinski definition) is 15. The molecule has 0 heterocycles. The predicted octanol–water partition coefficient (Wildman–Crippen LogP) is 27.7. The maximum Gasteiger partial charge on any atom is 0.316 e. The van der Waals surface area contributed by atoms with Crippen LogP contribution in [0.2, 0.25) is 0 Å². The standard InChI is InChI=1S/C17H27NO2.4C14H26O2.C12H17NO.C12H16O3.C10H14O/c1-4-16(2,3)14(19)18-15(20)17-8-11-5-12(9-17)7-13(6-11)10-17;4*1-6-13(4,5)12(15)16-14(11(2)3)9-7-8-10-14;1-4-12(2,3)11(14)13-10-8-6-5-7-9-10;1-4-12(2,3)11(14)15-10-7-5-9(13)6-8-10;1-3-8(2)9-4-6-10(11)7-5-9/h11-13H,4-10H2,1-3H3,(H,18,19,20);4*11H,6-10H2,1-5H3;5-9H,4H2,1-3H3,(H,13,14);5-8,13H,4H2,1-3H3;4-8,11H,3H2,1-2H3. The number of ether oxygens (including phenoxy) is 5. The fourth-order valence-corrected chi connectivity index (χ4v) is 16.8. The molecule has 1 unspecified atom stereocenters. The van der Waals surface area contributed by atoms with Crippen molar-refractivity contribution in [3.05, 3.63) is 84.4 Å². The van der Waals surface area contributed by atoms with Gasteiger partial charge in [0.2, 0.25) is 17.7 Å². The summed E-state index contributed by atoms with van der Waals surface area (Å²) in [6.45, 7) is 63.0. The first kappa shape index (κ1) is 111. The third-order valence-corrected chi connectivity index (χ3v) is 30.3. The molecule has 706 valence electrons. The minimum Gasteiger partial charge on any atom is -0.508 e. The third kappa shape index (κ3) is 32.5. The van der Waals surface area contributed by atoms with Gasteiger partial charge in [-0.15, -0.1) is 0 Å². The van der Waals surface area contributed by atoms with Crippen LogP contribution in [0.5, 0.6) is 17.2 Å². The molecule has 8 fully saturated rings. The van der Waals surface area contributed by atoms with Gasteiger partial charge in [-0.05, 0) is 363 Å². The molecule has 17 heteroatoms. The Kier molecular flexibility index (Phi) is 43.6. The van der Waals surface area contributed by atoms with E-state index in [1.807, 2.05) is 188 Å². The molecule has 8 aliphatic carbocycles. The molecule has 124 heavy (non-hydrogen) atoms. The van der Waals surface area contributed by atoms with Gasteiger partial charge in [-0.1, -0.05) is 176 Å². The molecule has 1 atom stereocenters. The Morgan fingerprint density at radius 1 is 0.355 bits per heavy atom. The average Bonchev–Trinajstić information content (AvgIpc) is 0.935. The summed E-state index contributed by atoms with van der Waals surface area (Å²) in [7, 11) is 0. The number of rotatable bonds is 27. The quantitative estimate of drug-likeness (QED) is 0.0315. The summed E-state index contributed by atoms with van der Waals surface area (Å²) in [5.41, 5.74) is -1.35. The number of carbonyl (C=O) groups excluding carboxylic acids is 8. The smallest absolute Gasteiger partial charge is 0.316 e. The Labute approximate surface area is 754 Å². The number of nitrogens with one attached hydrogen (secondary N) is 2. The number of hydrogen-bond donors (Lipinski definition) is 4. The normalized spacial score (nSPS) is 20.4. The van der Waals surface area contributed by atoms with Crippen LogP contribution in [0.15, 0.2) is 78.9 Å². The number of aromatic hydroxyl groups is 2. The van der Waals surface area contributed by atoms with Crippen molar-refractivity contribution in [2.45, 2.75) is 436 Å². The lowest BCUT2D eigenvalue weighted by atomic mass is 9.49. The molecular weight excluding hydrogens is 1550 g/mol. The molecule has 17 nitrogen and oxygen atoms in total. The molecule has 4 bridgehead atoms. The second-order valence-corrected chi connectivity index (χ2v) is 43.5. The lowest BCUT2D eigenvalue weighted by Crippen LogP contribution is -2.55.